The van der Waals surface area contributed by atoms with Gasteiger partial charge in [0, 0.05) is 11.8 Å². The van der Waals surface area contributed by atoms with Crippen molar-refractivity contribution in [3.8, 4) is 0 Å². The highest BCUT2D eigenvalue weighted by Gasteiger charge is 2.04. The average Bonchev–Trinajstić information content (AvgIpc) is 1.87. The van der Waals surface area contributed by atoms with Gasteiger partial charge in [-0.05, 0) is 6.42 Å². The van der Waals surface area contributed by atoms with Gasteiger partial charge in [0.05, 0.1) is 5.75 Å². The second-order valence-electron chi connectivity index (χ2n) is 2.10. The maximum atomic E-state index is 10.7. The first-order valence-electron chi connectivity index (χ1n) is 3.11. The van der Waals surface area contributed by atoms with Crippen LogP contribution < -0.4 is 5.73 Å². The van der Waals surface area contributed by atoms with Crippen LogP contribution in [0.2, 0.25) is 0 Å². The molecule has 0 aliphatic heterocycles. The molecule has 0 aliphatic carbocycles. The smallest absolute Gasteiger partial charge is 0.217 e. The molecule has 0 heterocycles. The van der Waals surface area contributed by atoms with Crippen LogP contribution in [0, 0.1) is 0 Å². The van der Waals surface area contributed by atoms with Gasteiger partial charge in [-0.1, -0.05) is 6.58 Å². The molecule has 0 bridgehead atoms. The lowest BCUT2D eigenvalue weighted by Crippen LogP contribution is -2.12. The van der Waals surface area contributed by atoms with Gasteiger partial charge < -0.3 is 5.73 Å². The van der Waals surface area contributed by atoms with Crippen molar-refractivity contribution >= 4 is 15.7 Å². The number of carbonyl (C=O) groups is 1. The van der Waals surface area contributed by atoms with E-state index >= 15 is 0 Å². The zero-order valence-electron chi connectivity index (χ0n) is 6.12. The van der Waals surface area contributed by atoms with Crippen LogP contribution in [0.4, 0.5) is 0 Å². The lowest BCUT2D eigenvalue weighted by Gasteiger charge is -1.95. The number of amides is 1. The molecule has 0 spiro atoms. The summed E-state index contributed by atoms with van der Waals surface area (Å²) in [5, 5.41) is 0.883. The van der Waals surface area contributed by atoms with Crippen LogP contribution in [0.3, 0.4) is 0 Å². The molecule has 0 fully saturated rings. The summed E-state index contributed by atoms with van der Waals surface area (Å²) < 4.78 is 21.4. The molecule has 11 heavy (non-hydrogen) atoms. The van der Waals surface area contributed by atoms with Crippen molar-refractivity contribution in [1.29, 1.82) is 0 Å². The largest absolute Gasteiger partial charge is 0.370 e. The Morgan fingerprint density at radius 3 is 2.45 bits per heavy atom. The second kappa shape index (κ2) is 4.12. The Morgan fingerprint density at radius 2 is 2.09 bits per heavy atom. The SMILES string of the molecule is C=CS(=O)(=O)CCCC(N)=O. The summed E-state index contributed by atoms with van der Waals surface area (Å²) >= 11 is 0. The summed E-state index contributed by atoms with van der Waals surface area (Å²) in [6.07, 6.45) is 0.372. The van der Waals surface area contributed by atoms with Gasteiger partial charge in [-0.3, -0.25) is 4.79 Å². The van der Waals surface area contributed by atoms with Crippen molar-refractivity contribution in [3.05, 3.63) is 12.0 Å². The minimum Gasteiger partial charge on any atom is -0.370 e. The number of nitrogens with two attached hydrogens (primary N) is 1. The second-order valence-corrected chi connectivity index (χ2v) is 4.17. The van der Waals surface area contributed by atoms with Gasteiger partial charge in [0.1, 0.15) is 0 Å². The van der Waals surface area contributed by atoms with E-state index in [4.69, 9.17) is 5.73 Å². The molecule has 0 rings (SSSR count). The van der Waals surface area contributed by atoms with Crippen LogP contribution in [0.5, 0.6) is 0 Å². The highest BCUT2D eigenvalue weighted by molar-refractivity contribution is 7.94. The molecule has 0 aliphatic rings. The number of rotatable bonds is 5. The first-order chi connectivity index (χ1) is 4.98. The van der Waals surface area contributed by atoms with Gasteiger partial charge in [0.2, 0.25) is 5.91 Å². The van der Waals surface area contributed by atoms with Crippen LogP contribution in [0.15, 0.2) is 12.0 Å². The number of sulfone groups is 1. The normalized spacial score (nSPS) is 10.9. The molecule has 0 saturated heterocycles. The summed E-state index contributed by atoms with van der Waals surface area (Å²) in [6.45, 7) is 3.13. The van der Waals surface area contributed by atoms with Crippen LogP contribution in [0.25, 0.3) is 0 Å². The first kappa shape index (κ1) is 10.2. The Balaban J connectivity index is 3.72. The maximum absolute atomic E-state index is 10.7. The third kappa shape index (κ3) is 5.60. The van der Waals surface area contributed by atoms with Gasteiger partial charge in [-0.2, -0.15) is 0 Å². The summed E-state index contributed by atoms with van der Waals surface area (Å²) in [7, 11) is -3.16. The maximum Gasteiger partial charge on any atom is 0.217 e. The van der Waals surface area contributed by atoms with Crippen molar-refractivity contribution in [3.63, 3.8) is 0 Å². The van der Waals surface area contributed by atoms with Gasteiger partial charge in [0.25, 0.3) is 0 Å². The van der Waals surface area contributed by atoms with E-state index in [1.54, 1.807) is 0 Å². The summed E-state index contributed by atoms with van der Waals surface area (Å²) in [6, 6.07) is 0. The van der Waals surface area contributed by atoms with E-state index in [0.29, 0.717) is 0 Å². The Hall–Kier alpha value is -0.840. The average molecular weight is 177 g/mol. The standard InChI is InChI=1S/C6H11NO3S/c1-2-11(9,10)5-3-4-6(7)8/h2H,1,3-5H2,(H2,7,8). The molecular formula is C6H11NO3S. The van der Waals surface area contributed by atoms with E-state index in [1.165, 1.54) is 0 Å². The number of carbonyl (C=O) groups excluding carboxylic acids is 1. The minimum absolute atomic E-state index is 0.0561. The number of primary amides is 1. The molecule has 5 heteroatoms. The highest BCUT2D eigenvalue weighted by Crippen LogP contribution is 1.96. The number of hydrogen-bond acceptors (Lipinski definition) is 3. The Bertz CT molecular complexity index is 243. The van der Waals surface area contributed by atoms with E-state index in [1.807, 2.05) is 0 Å². The molecule has 0 unspecified atom stereocenters. The lowest BCUT2D eigenvalue weighted by atomic mass is 10.3. The first-order valence-corrected chi connectivity index (χ1v) is 4.83. The Labute approximate surface area is 66.0 Å². The van der Waals surface area contributed by atoms with Crippen LogP contribution in [-0.4, -0.2) is 20.1 Å². The fourth-order valence-corrected chi connectivity index (χ4v) is 1.24. The van der Waals surface area contributed by atoms with E-state index in [2.05, 4.69) is 6.58 Å². The van der Waals surface area contributed by atoms with Crippen molar-refractivity contribution in [2.45, 2.75) is 12.8 Å². The predicted octanol–water partition coefficient (Wildman–Crippen LogP) is -0.190. The van der Waals surface area contributed by atoms with Crippen LogP contribution in [0.1, 0.15) is 12.8 Å². The topological polar surface area (TPSA) is 77.2 Å². The molecule has 0 atom stereocenters. The highest BCUT2D eigenvalue weighted by atomic mass is 32.2. The van der Waals surface area contributed by atoms with E-state index < -0.39 is 15.7 Å². The molecule has 0 aromatic carbocycles. The summed E-state index contributed by atoms with van der Waals surface area (Å²) in [4.78, 5) is 10.2. The van der Waals surface area contributed by atoms with Crippen molar-refractivity contribution < 1.29 is 13.2 Å². The number of hydrogen-bond donors (Lipinski definition) is 1. The molecule has 2 N–H and O–H groups in total. The molecule has 1 amide bonds. The van der Waals surface area contributed by atoms with Gasteiger partial charge in [0.15, 0.2) is 9.84 Å². The molecule has 4 nitrogen and oxygen atoms in total. The van der Waals surface area contributed by atoms with Gasteiger partial charge >= 0.3 is 0 Å². The summed E-state index contributed by atoms with van der Waals surface area (Å²) in [5.74, 6) is -0.538. The van der Waals surface area contributed by atoms with Crippen LogP contribution >= 0.6 is 0 Å². The molecule has 64 valence electrons. The molecule has 0 radical (unpaired) electrons. The van der Waals surface area contributed by atoms with Crippen molar-refractivity contribution in [2.24, 2.45) is 5.73 Å². The quantitative estimate of drug-likeness (QED) is 0.632. The van der Waals surface area contributed by atoms with Gasteiger partial charge in [-0.15, -0.1) is 0 Å². The van der Waals surface area contributed by atoms with E-state index in [9.17, 15) is 13.2 Å². The van der Waals surface area contributed by atoms with Crippen LogP contribution in [-0.2, 0) is 14.6 Å². The van der Waals surface area contributed by atoms with Crippen molar-refractivity contribution in [1.82, 2.24) is 0 Å². The monoisotopic (exact) mass is 177 g/mol. The fourth-order valence-electron chi connectivity index (χ4n) is 0.531. The third-order valence-corrected chi connectivity index (χ3v) is 2.47. The zero-order valence-corrected chi connectivity index (χ0v) is 6.93. The Kier molecular flexibility index (Phi) is 3.81. The molecule has 0 saturated carbocycles. The van der Waals surface area contributed by atoms with E-state index in [0.717, 1.165) is 5.41 Å². The minimum atomic E-state index is -3.16. The van der Waals surface area contributed by atoms with Crippen molar-refractivity contribution in [2.75, 3.05) is 5.75 Å². The van der Waals surface area contributed by atoms with Gasteiger partial charge in [-0.25, -0.2) is 8.42 Å². The zero-order chi connectivity index (χ0) is 8.91. The fraction of sp³-hybridized carbons (Fsp3) is 0.500. The van der Waals surface area contributed by atoms with E-state index in [-0.39, 0.29) is 18.6 Å². The summed E-state index contributed by atoms with van der Waals surface area (Å²) in [5.41, 5.74) is 4.80. The third-order valence-electron chi connectivity index (χ3n) is 1.11. The predicted molar refractivity (Wildman–Crippen MR) is 42.4 cm³/mol. The molecule has 0 aromatic rings. The molecular weight excluding hydrogens is 166 g/mol. The Morgan fingerprint density at radius 1 is 1.55 bits per heavy atom. The molecule has 0 aromatic heterocycles. The lowest BCUT2D eigenvalue weighted by molar-refractivity contribution is -0.118.